The summed E-state index contributed by atoms with van der Waals surface area (Å²) in [6, 6.07) is 0. The fraction of sp³-hybridized carbons (Fsp3) is 0.400. The van der Waals surface area contributed by atoms with Crippen LogP contribution in [-0.2, 0) is 14.3 Å². The molecule has 1 fully saturated rings. The summed E-state index contributed by atoms with van der Waals surface area (Å²) in [5.41, 5.74) is 0. The number of rotatable bonds is 0. The van der Waals surface area contributed by atoms with E-state index in [0.717, 1.165) is 6.42 Å². The van der Waals surface area contributed by atoms with Gasteiger partial charge >= 0.3 is 29.6 Å². The molecule has 0 bridgehead atoms. The van der Waals surface area contributed by atoms with Crippen LogP contribution in [0.5, 0.6) is 0 Å². The van der Waals surface area contributed by atoms with Crippen molar-refractivity contribution in [2.24, 2.45) is 0 Å². The van der Waals surface area contributed by atoms with Crippen LogP contribution in [0.3, 0.4) is 0 Å². The molecular formula is C5H5NaO3. The first kappa shape index (κ1) is 9.17. The smallest absolute Gasteiger partial charge is 0.371 e. The van der Waals surface area contributed by atoms with E-state index >= 15 is 0 Å². The van der Waals surface area contributed by atoms with Gasteiger partial charge in [-0.25, -0.2) is 0 Å². The number of carbonyl (C=O) groups is 2. The van der Waals surface area contributed by atoms with Gasteiger partial charge in [0.05, 0.1) is 13.2 Å². The van der Waals surface area contributed by atoms with E-state index in [1.54, 1.807) is 0 Å². The van der Waals surface area contributed by atoms with Crippen molar-refractivity contribution in [2.75, 3.05) is 13.2 Å². The molecule has 1 aliphatic rings. The zero-order valence-electron chi connectivity index (χ0n) is 5.22. The fourth-order valence-electron chi connectivity index (χ4n) is 0.515. The number of carbonyl (C=O) groups excluding carboxylic acids is 2. The molecule has 0 aromatic heterocycles. The molecule has 0 radical (unpaired) electrons. The fourth-order valence-corrected chi connectivity index (χ4v) is 0.515. The first-order valence-corrected chi connectivity index (χ1v) is 2.27. The molecule has 0 amide bonds. The van der Waals surface area contributed by atoms with Crippen LogP contribution in [0, 0.1) is 6.42 Å². The molecule has 0 aromatic carbocycles. The predicted octanol–water partition coefficient (Wildman–Crippen LogP) is -3.64. The van der Waals surface area contributed by atoms with E-state index in [1.807, 2.05) is 0 Å². The van der Waals surface area contributed by atoms with Crippen LogP contribution in [-0.4, -0.2) is 24.8 Å². The van der Waals surface area contributed by atoms with Gasteiger partial charge < -0.3 is 14.3 Å². The van der Waals surface area contributed by atoms with E-state index in [9.17, 15) is 9.59 Å². The van der Waals surface area contributed by atoms with Gasteiger partial charge in [0.15, 0.2) is 0 Å². The molecule has 0 aromatic rings. The Bertz CT molecular complexity index is 118. The van der Waals surface area contributed by atoms with Gasteiger partial charge in [0.2, 0.25) is 0 Å². The van der Waals surface area contributed by atoms with Gasteiger partial charge in [-0.3, -0.25) is 6.42 Å². The molecule has 0 saturated carbocycles. The number of hydrogen-bond acceptors (Lipinski definition) is 3. The van der Waals surface area contributed by atoms with Gasteiger partial charge in [-0.2, -0.15) is 0 Å². The molecule has 1 saturated heterocycles. The van der Waals surface area contributed by atoms with E-state index in [0.29, 0.717) is 0 Å². The predicted molar refractivity (Wildman–Crippen MR) is 25.1 cm³/mol. The summed E-state index contributed by atoms with van der Waals surface area (Å²) in [5.74, 6) is -0.470. The SMILES string of the molecule is O=C1[CH-]C(=O)COC1.[Na+]. The van der Waals surface area contributed by atoms with Crippen LogP contribution < -0.4 is 29.6 Å². The third kappa shape index (κ3) is 3.01. The molecule has 1 aliphatic heterocycles. The standard InChI is InChI=1S/C5H5O3.Na/c6-4-1-5(7)3-8-2-4;/h1H,2-3H2;/q-1;+1. The number of ketones is 2. The van der Waals surface area contributed by atoms with Crippen molar-refractivity contribution in [1.29, 1.82) is 0 Å². The zero-order valence-corrected chi connectivity index (χ0v) is 7.22. The molecular weight excluding hydrogens is 131 g/mol. The summed E-state index contributed by atoms with van der Waals surface area (Å²) in [6.07, 6.45) is 1.07. The normalized spacial score (nSPS) is 18.2. The average Bonchev–Trinajstić information content (AvgIpc) is 1.64. The second-order valence-electron chi connectivity index (χ2n) is 1.57. The second kappa shape index (κ2) is 4.06. The summed E-state index contributed by atoms with van der Waals surface area (Å²) >= 11 is 0. The summed E-state index contributed by atoms with van der Waals surface area (Å²) < 4.78 is 4.56. The molecule has 44 valence electrons. The van der Waals surface area contributed by atoms with Gasteiger partial charge in [0.25, 0.3) is 0 Å². The van der Waals surface area contributed by atoms with Gasteiger partial charge in [-0.1, -0.05) is 0 Å². The number of Topliss-reactive ketones (excluding diaryl/α,β-unsaturated/α-hetero) is 2. The molecule has 3 nitrogen and oxygen atoms in total. The minimum atomic E-state index is -0.235. The minimum absolute atomic E-state index is 0. The molecule has 9 heavy (non-hydrogen) atoms. The number of ether oxygens (including phenoxy) is 1. The van der Waals surface area contributed by atoms with Crippen LogP contribution >= 0.6 is 0 Å². The molecule has 0 aliphatic carbocycles. The Morgan fingerprint density at radius 1 is 1.22 bits per heavy atom. The maximum absolute atomic E-state index is 10.3. The minimum Gasteiger partial charge on any atom is -0.371 e. The Kier molecular flexibility index (Phi) is 4.14. The maximum Gasteiger partial charge on any atom is 1.00 e. The molecule has 0 N–H and O–H groups in total. The molecule has 0 atom stereocenters. The largest absolute Gasteiger partial charge is 1.00 e. The van der Waals surface area contributed by atoms with Crippen molar-refractivity contribution in [3.8, 4) is 0 Å². The van der Waals surface area contributed by atoms with Crippen LogP contribution in [0.4, 0.5) is 0 Å². The van der Waals surface area contributed by atoms with E-state index in [2.05, 4.69) is 4.74 Å². The monoisotopic (exact) mass is 136 g/mol. The summed E-state index contributed by atoms with van der Waals surface area (Å²) in [5, 5.41) is 0. The number of hydrogen-bond donors (Lipinski definition) is 0. The van der Waals surface area contributed by atoms with Crippen LogP contribution in [0.1, 0.15) is 0 Å². The average molecular weight is 136 g/mol. The van der Waals surface area contributed by atoms with Gasteiger partial charge in [0.1, 0.15) is 0 Å². The first-order valence-electron chi connectivity index (χ1n) is 2.27. The topological polar surface area (TPSA) is 43.4 Å². The molecule has 4 heteroatoms. The van der Waals surface area contributed by atoms with Gasteiger partial charge in [0, 0.05) is 11.6 Å². The van der Waals surface area contributed by atoms with Crippen molar-refractivity contribution < 1.29 is 43.9 Å². The molecule has 1 heterocycles. The maximum atomic E-state index is 10.3. The summed E-state index contributed by atoms with van der Waals surface area (Å²) in [6.45, 7) is 0.122. The Morgan fingerprint density at radius 3 is 1.89 bits per heavy atom. The second-order valence-corrected chi connectivity index (χ2v) is 1.57. The Morgan fingerprint density at radius 2 is 1.67 bits per heavy atom. The van der Waals surface area contributed by atoms with E-state index in [-0.39, 0.29) is 54.3 Å². The summed E-state index contributed by atoms with van der Waals surface area (Å²) in [7, 11) is 0. The molecule has 1 rings (SSSR count). The Hall–Kier alpha value is 0.170. The van der Waals surface area contributed by atoms with E-state index in [4.69, 9.17) is 0 Å². The van der Waals surface area contributed by atoms with E-state index in [1.165, 1.54) is 0 Å². The quantitative estimate of drug-likeness (QED) is 0.255. The first-order chi connectivity index (χ1) is 3.79. The Balaban J connectivity index is 0.000000640. The van der Waals surface area contributed by atoms with Crippen LogP contribution in [0.25, 0.3) is 0 Å². The third-order valence-electron chi connectivity index (χ3n) is 0.811. The van der Waals surface area contributed by atoms with Crippen LogP contribution in [0.2, 0.25) is 0 Å². The van der Waals surface area contributed by atoms with Crippen molar-refractivity contribution in [1.82, 2.24) is 0 Å². The van der Waals surface area contributed by atoms with E-state index < -0.39 is 0 Å². The van der Waals surface area contributed by atoms with Gasteiger partial charge in [-0.15, -0.1) is 0 Å². The molecule has 0 unspecified atom stereocenters. The zero-order chi connectivity index (χ0) is 5.98. The summed E-state index contributed by atoms with van der Waals surface area (Å²) in [4.78, 5) is 20.5. The van der Waals surface area contributed by atoms with Crippen molar-refractivity contribution in [2.45, 2.75) is 0 Å². The van der Waals surface area contributed by atoms with Crippen molar-refractivity contribution in [3.63, 3.8) is 0 Å². The van der Waals surface area contributed by atoms with Crippen molar-refractivity contribution >= 4 is 11.6 Å². The molecule has 0 spiro atoms. The van der Waals surface area contributed by atoms with Crippen LogP contribution in [0.15, 0.2) is 0 Å². The van der Waals surface area contributed by atoms with Crippen molar-refractivity contribution in [3.05, 3.63) is 6.42 Å². The Labute approximate surface area is 75.0 Å². The third-order valence-corrected chi connectivity index (χ3v) is 0.811. The van der Waals surface area contributed by atoms with Gasteiger partial charge in [-0.05, 0) is 0 Å².